The van der Waals surface area contributed by atoms with Crippen LogP contribution in [0.4, 0.5) is 11.4 Å². The summed E-state index contributed by atoms with van der Waals surface area (Å²) in [5.41, 5.74) is 1.39. The Morgan fingerprint density at radius 2 is 1.96 bits per heavy atom. The molecule has 7 nitrogen and oxygen atoms in total. The SMILES string of the molecule is Cc1ccc([N+](=O)[O-])cc1NCC(=O)NCCOc1ccccc1. The highest BCUT2D eigenvalue weighted by molar-refractivity contribution is 5.81. The summed E-state index contributed by atoms with van der Waals surface area (Å²) in [6.45, 7) is 2.60. The fraction of sp³-hybridized carbons (Fsp3) is 0.235. The third kappa shape index (κ3) is 5.28. The van der Waals surface area contributed by atoms with Crippen molar-refractivity contribution < 1.29 is 14.5 Å². The van der Waals surface area contributed by atoms with Crippen LogP contribution in [0.5, 0.6) is 5.75 Å². The van der Waals surface area contributed by atoms with E-state index in [4.69, 9.17) is 4.74 Å². The quantitative estimate of drug-likeness (QED) is 0.441. The average Bonchev–Trinajstić information content (AvgIpc) is 2.58. The van der Waals surface area contributed by atoms with E-state index in [1.807, 2.05) is 37.3 Å². The number of nitrogens with one attached hydrogen (secondary N) is 2. The van der Waals surface area contributed by atoms with Crippen LogP contribution in [0.25, 0.3) is 0 Å². The molecule has 2 rings (SSSR count). The summed E-state index contributed by atoms with van der Waals surface area (Å²) < 4.78 is 5.47. The maximum atomic E-state index is 11.8. The number of anilines is 1. The van der Waals surface area contributed by atoms with Gasteiger partial charge >= 0.3 is 0 Å². The highest BCUT2D eigenvalue weighted by Crippen LogP contribution is 2.21. The molecule has 0 fully saturated rings. The second-order valence-corrected chi connectivity index (χ2v) is 5.12. The summed E-state index contributed by atoms with van der Waals surface area (Å²) in [7, 11) is 0. The van der Waals surface area contributed by atoms with Gasteiger partial charge in [-0.1, -0.05) is 24.3 Å². The molecule has 2 N–H and O–H groups in total. The average molecular weight is 329 g/mol. The zero-order chi connectivity index (χ0) is 17.4. The molecule has 2 aromatic rings. The molecule has 7 heteroatoms. The number of carbonyl (C=O) groups is 1. The number of nitro benzene ring substituents is 1. The van der Waals surface area contributed by atoms with Crippen molar-refractivity contribution >= 4 is 17.3 Å². The lowest BCUT2D eigenvalue weighted by Crippen LogP contribution is -2.33. The molecule has 2 aromatic carbocycles. The Kier molecular flexibility index (Phi) is 6.13. The fourth-order valence-corrected chi connectivity index (χ4v) is 2.03. The number of nitro groups is 1. The third-order valence-corrected chi connectivity index (χ3v) is 3.31. The van der Waals surface area contributed by atoms with Gasteiger partial charge in [-0.25, -0.2) is 0 Å². The van der Waals surface area contributed by atoms with Crippen molar-refractivity contribution in [2.24, 2.45) is 0 Å². The zero-order valence-electron chi connectivity index (χ0n) is 13.3. The van der Waals surface area contributed by atoms with Crippen molar-refractivity contribution in [2.45, 2.75) is 6.92 Å². The van der Waals surface area contributed by atoms with Gasteiger partial charge in [-0.2, -0.15) is 0 Å². The first kappa shape index (κ1) is 17.3. The van der Waals surface area contributed by atoms with E-state index >= 15 is 0 Å². The first-order valence-corrected chi connectivity index (χ1v) is 7.50. The van der Waals surface area contributed by atoms with Gasteiger partial charge in [-0.15, -0.1) is 0 Å². The Balaban J connectivity index is 1.73. The predicted molar refractivity (Wildman–Crippen MR) is 91.3 cm³/mol. The zero-order valence-corrected chi connectivity index (χ0v) is 13.3. The number of rotatable bonds is 8. The smallest absolute Gasteiger partial charge is 0.271 e. The molecule has 0 saturated heterocycles. The standard InChI is InChI=1S/C17H19N3O4/c1-13-7-8-14(20(22)23)11-16(13)19-12-17(21)18-9-10-24-15-5-3-2-4-6-15/h2-8,11,19H,9-10,12H2,1H3,(H,18,21). The van der Waals surface area contributed by atoms with Gasteiger partial charge in [0.1, 0.15) is 12.4 Å². The number of aryl methyl sites for hydroxylation is 1. The molecule has 0 unspecified atom stereocenters. The van der Waals surface area contributed by atoms with Crippen molar-refractivity contribution in [3.05, 3.63) is 64.2 Å². The van der Waals surface area contributed by atoms with Gasteiger partial charge in [0.15, 0.2) is 0 Å². The summed E-state index contributed by atoms with van der Waals surface area (Å²) in [6, 6.07) is 13.8. The maximum Gasteiger partial charge on any atom is 0.271 e. The van der Waals surface area contributed by atoms with Crippen LogP contribution >= 0.6 is 0 Å². The number of hydrogen-bond donors (Lipinski definition) is 2. The number of benzene rings is 2. The lowest BCUT2D eigenvalue weighted by atomic mass is 10.2. The van der Waals surface area contributed by atoms with Gasteiger partial charge in [-0.05, 0) is 24.6 Å². The highest BCUT2D eigenvalue weighted by atomic mass is 16.6. The molecular formula is C17H19N3O4. The van der Waals surface area contributed by atoms with Gasteiger partial charge in [0.25, 0.3) is 5.69 Å². The normalized spacial score (nSPS) is 10.0. The lowest BCUT2D eigenvalue weighted by molar-refractivity contribution is -0.384. The summed E-state index contributed by atoms with van der Waals surface area (Å²) in [6.07, 6.45) is 0. The highest BCUT2D eigenvalue weighted by Gasteiger charge is 2.09. The van der Waals surface area contributed by atoms with E-state index < -0.39 is 4.92 Å². The first-order valence-electron chi connectivity index (χ1n) is 7.50. The second kappa shape index (κ2) is 8.52. The molecule has 0 radical (unpaired) electrons. The van der Waals surface area contributed by atoms with Crippen molar-refractivity contribution in [3.63, 3.8) is 0 Å². The van der Waals surface area contributed by atoms with E-state index in [-0.39, 0.29) is 18.1 Å². The largest absolute Gasteiger partial charge is 0.492 e. The van der Waals surface area contributed by atoms with Gasteiger partial charge in [0.2, 0.25) is 5.91 Å². The number of hydrogen-bond acceptors (Lipinski definition) is 5. The Labute approximate surface area is 139 Å². The molecule has 0 aliphatic rings. The molecule has 1 amide bonds. The molecular weight excluding hydrogens is 310 g/mol. The molecule has 0 aliphatic carbocycles. The molecule has 0 bridgehead atoms. The van der Waals surface area contributed by atoms with Gasteiger partial charge in [-0.3, -0.25) is 14.9 Å². The number of non-ortho nitro benzene ring substituents is 1. The van der Waals surface area contributed by atoms with Crippen LogP contribution < -0.4 is 15.4 Å². The molecule has 0 saturated carbocycles. The number of carbonyl (C=O) groups excluding carboxylic acids is 1. The first-order chi connectivity index (χ1) is 11.6. The maximum absolute atomic E-state index is 11.8. The second-order valence-electron chi connectivity index (χ2n) is 5.12. The fourth-order valence-electron chi connectivity index (χ4n) is 2.03. The van der Waals surface area contributed by atoms with E-state index in [0.29, 0.717) is 18.8 Å². The van der Waals surface area contributed by atoms with Crippen LogP contribution in [-0.2, 0) is 4.79 Å². The lowest BCUT2D eigenvalue weighted by Gasteiger charge is -2.10. The number of para-hydroxylation sites is 1. The van der Waals surface area contributed by atoms with E-state index in [2.05, 4.69) is 10.6 Å². The third-order valence-electron chi connectivity index (χ3n) is 3.31. The summed E-state index contributed by atoms with van der Waals surface area (Å²) in [5.74, 6) is 0.537. The van der Waals surface area contributed by atoms with Crippen molar-refractivity contribution in [2.75, 3.05) is 25.0 Å². The minimum Gasteiger partial charge on any atom is -0.492 e. The summed E-state index contributed by atoms with van der Waals surface area (Å²) in [4.78, 5) is 22.1. The number of ether oxygens (including phenoxy) is 1. The minimum atomic E-state index is -0.467. The molecule has 0 aliphatic heterocycles. The molecule has 0 heterocycles. The van der Waals surface area contributed by atoms with Crippen LogP contribution in [0.15, 0.2) is 48.5 Å². The molecule has 24 heavy (non-hydrogen) atoms. The van der Waals surface area contributed by atoms with E-state index in [9.17, 15) is 14.9 Å². The van der Waals surface area contributed by atoms with Gasteiger partial charge in [0.05, 0.1) is 18.0 Å². The van der Waals surface area contributed by atoms with Crippen LogP contribution in [0.1, 0.15) is 5.56 Å². The van der Waals surface area contributed by atoms with E-state index in [0.717, 1.165) is 11.3 Å². The van der Waals surface area contributed by atoms with Crippen LogP contribution in [0, 0.1) is 17.0 Å². The Morgan fingerprint density at radius 3 is 2.67 bits per heavy atom. The Hall–Kier alpha value is -3.09. The van der Waals surface area contributed by atoms with Crippen molar-refractivity contribution in [1.82, 2.24) is 5.32 Å². The summed E-state index contributed by atoms with van der Waals surface area (Å²) >= 11 is 0. The molecule has 0 spiro atoms. The monoisotopic (exact) mass is 329 g/mol. The molecule has 126 valence electrons. The van der Waals surface area contributed by atoms with E-state index in [1.54, 1.807) is 6.07 Å². The van der Waals surface area contributed by atoms with Gasteiger partial charge < -0.3 is 15.4 Å². The van der Waals surface area contributed by atoms with Crippen LogP contribution in [0.3, 0.4) is 0 Å². The molecule has 0 aromatic heterocycles. The van der Waals surface area contributed by atoms with Crippen molar-refractivity contribution in [1.29, 1.82) is 0 Å². The van der Waals surface area contributed by atoms with Crippen LogP contribution in [-0.4, -0.2) is 30.5 Å². The predicted octanol–water partition coefficient (Wildman–Crippen LogP) is 2.51. The van der Waals surface area contributed by atoms with Gasteiger partial charge in [0, 0.05) is 17.8 Å². The number of nitrogens with zero attached hydrogens (tertiary/aromatic N) is 1. The molecule has 0 atom stereocenters. The Bertz CT molecular complexity index is 704. The summed E-state index contributed by atoms with van der Waals surface area (Å²) in [5, 5.41) is 16.4. The van der Waals surface area contributed by atoms with Crippen molar-refractivity contribution in [3.8, 4) is 5.75 Å². The number of amides is 1. The topological polar surface area (TPSA) is 93.5 Å². The van der Waals surface area contributed by atoms with E-state index in [1.165, 1.54) is 12.1 Å². The van der Waals surface area contributed by atoms with Crippen LogP contribution in [0.2, 0.25) is 0 Å². The minimum absolute atomic E-state index is 0.0141. The Morgan fingerprint density at radius 1 is 1.21 bits per heavy atom.